The molecule has 5 nitrogen and oxygen atoms in total. The van der Waals surface area contributed by atoms with Gasteiger partial charge >= 0.3 is 5.97 Å². The molecule has 1 rings (SSSR count). The summed E-state index contributed by atoms with van der Waals surface area (Å²) in [6, 6.07) is 5.68. The second-order valence-electron chi connectivity index (χ2n) is 3.66. The summed E-state index contributed by atoms with van der Waals surface area (Å²) in [7, 11) is 0. The molecule has 0 aliphatic carbocycles. The van der Waals surface area contributed by atoms with Gasteiger partial charge in [-0.2, -0.15) is 0 Å². The van der Waals surface area contributed by atoms with Crippen LogP contribution in [0.2, 0.25) is 0 Å². The molecule has 17 heavy (non-hydrogen) atoms. The second-order valence-corrected chi connectivity index (χ2v) is 4.09. The highest BCUT2D eigenvalue weighted by atomic mass is 35.5. The molecule has 1 amide bonds. The van der Waals surface area contributed by atoms with E-state index in [-0.39, 0.29) is 6.42 Å². The van der Waals surface area contributed by atoms with Crippen LogP contribution in [0.5, 0.6) is 0 Å². The van der Waals surface area contributed by atoms with E-state index in [1.807, 2.05) is 0 Å². The summed E-state index contributed by atoms with van der Waals surface area (Å²) >= 11 is 5.76. The summed E-state index contributed by atoms with van der Waals surface area (Å²) in [5, 5.41) is 7.77. The zero-order valence-corrected chi connectivity index (χ0v) is 9.72. The van der Waals surface area contributed by atoms with Gasteiger partial charge in [-0.15, -0.1) is 11.6 Å². The molecule has 1 unspecified atom stereocenters. The minimum absolute atomic E-state index is 0.221. The topological polar surface area (TPSA) is 106 Å². The zero-order valence-electron chi connectivity index (χ0n) is 8.97. The predicted octanol–water partition coefficient (Wildman–Crippen LogP) is 0.406. The molecule has 0 saturated carbocycles. The van der Waals surface area contributed by atoms with Crippen molar-refractivity contribution in [3.8, 4) is 0 Å². The Morgan fingerprint density at radius 2 is 1.82 bits per heavy atom. The first kappa shape index (κ1) is 13.5. The lowest BCUT2D eigenvalue weighted by molar-refractivity contribution is -0.138. The van der Waals surface area contributed by atoms with Crippen LogP contribution in [-0.2, 0) is 16.0 Å². The number of carboxylic acids is 1. The Labute approximate surface area is 103 Å². The Balaban J connectivity index is 2.75. The first-order valence-corrected chi connectivity index (χ1v) is 5.36. The molecule has 0 aromatic heterocycles. The number of nitrogens with two attached hydrogens (primary N) is 2. The molecule has 0 fully saturated rings. The molecule has 0 aliphatic heterocycles. The molecule has 0 radical (unpaired) electrons. The summed E-state index contributed by atoms with van der Waals surface area (Å²) in [6.07, 6.45) is 0.221. The van der Waals surface area contributed by atoms with Crippen LogP contribution in [0.15, 0.2) is 24.3 Å². The van der Waals surface area contributed by atoms with Gasteiger partial charge in [-0.05, 0) is 17.5 Å². The van der Waals surface area contributed by atoms with E-state index >= 15 is 0 Å². The van der Waals surface area contributed by atoms with Gasteiger partial charge in [0.1, 0.15) is 11.4 Å². The molecule has 0 heterocycles. The number of carbonyl (C=O) groups is 2. The number of rotatable bonds is 5. The van der Waals surface area contributed by atoms with E-state index in [1.54, 1.807) is 24.3 Å². The molecule has 1 aromatic rings. The molecule has 6 heteroatoms. The van der Waals surface area contributed by atoms with Crippen molar-refractivity contribution < 1.29 is 14.7 Å². The molecule has 0 aliphatic rings. The quantitative estimate of drug-likeness (QED) is 0.663. The number of alkyl halides is 1. The summed E-state index contributed by atoms with van der Waals surface area (Å²) in [4.78, 5) is 21.4. The highest BCUT2D eigenvalue weighted by Gasteiger charge is 2.15. The van der Waals surface area contributed by atoms with E-state index in [4.69, 9.17) is 28.2 Å². The Hall–Kier alpha value is -1.59. The van der Waals surface area contributed by atoms with Crippen LogP contribution in [0.1, 0.15) is 16.5 Å². The van der Waals surface area contributed by atoms with Crippen molar-refractivity contribution in [1.29, 1.82) is 0 Å². The Kier molecular flexibility index (Phi) is 4.48. The first-order valence-electron chi connectivity index (χ1n) is 4.92. The Bertz CT molecular complexity index is 419. The number of hydrogen-bond acceptors (Lipinski definition) is 3. The lowest BCUT2D eigenvalue weighted by Gasteiger charge is -2.09. The largest absolute Gasteiger partial charge is 0.480 e. The van der Waals surface area contributed by atoms with Gasteiger partial charge in [0.05, 0.1) is 0 Å². The van der Waals surface area contributed by atoms with Gasteiger partial charge in [-0.1, -0.05) is 24.3 Å². The number of aliphatic carboxylic acids is 1. The third-order valence-electron chi connectivity index (χ3n) is 2.29. The van der Waals surface area contributed by atoms with E-state index in [9.17, 15) is 9.59 Å². The van der Waals surface area contributed by atoms with E-state index in [1.165, 1.54) is 0 Å². The van der Waals surface area contributed by atoms with Crippen LogP contribution in [0.3, 0.4) is 0 Å². The van der Waals surface area contributed by atoms with Gasteiger partial charge < -0.3 is 16.6 Å². The molecular weight excluding hydrogens is 244 g/mol. The number of hydrogen-bond donors (Lipinski definition) is 3. The van der Waals surface area contributed by atoms with Gasteiger partial charge in [-0.3, -0.25) is 9.59 Å². The van der Waals surface area contributed by atoms with Crippen molar-refractivity contribution >= 4 is 23.5 Å². The monoisotopic (exact) mass is 256 g/mol. The van der Waals surface area contributed by atoms with Crippen LogP contribution in [0.4, 0.5) is 0 Å². The van der Waals surface area contributed by atoms with Crippen molar-refractivity contribution in [2.75, 3.05) is 0 Å². The fraction of sp³-hybridized carbons (Fsp3) is 0.273. The normalized spacial score (nSPS) is 14.0. The number of carboxylic acid groups (broad SMARTS) is 1. The maximum absolute atomic E-state index is 10.8. The zero-order chi connectivity index (χ0) is 13.0. The van der Waals surface area contributed by atoms with Crippen LogP contribution in [0.25, 0.3) is 0 Å². The van der Waals surface area contributed by atoms with Gasteiger partial charge in [-0.25, -0.2) is 0 Å². The maximum atomic E-state index is 10.8. The molecule has 92 valence electrons. The number of benzene rings is 1. The summed E-state index contributed by atoms with van der Waals surface area (Å²) in [5.74, 6) is -1.68. The van der Waals surface area contributed by atoms with Crippen molar-refractivity contribution in [2.45, 2.75) is 17.8 Å². The summed E-state index contributed by atoms with van der Waals surface area (Å²) in [6.45, 7) is 0. The van der Waals surface area contributed by atoms with Gasteiger partial charge in [0.2, 0.25) is 5.91 Å². The second kappa shape index (κ2) is 5.65. The third kappa shape index (κ3) is 3.72. The van der Waals surface area contributed by atoms with Crippen LogP contribution < -0.4 is 11.5 Å². The first-order chi connectivity index (χ1) is 7.91. The SMILES string of the molecule is NC(=O)C(Cl)c1ccc(C[C@H](N)C(=O)O)cc1. The van der Waals surface area contributed by atoms with E-state index < -0.39 is 23.3 Å². The lowest BCUT2D eigenvalue weighted by atomic mass is 10.0. The van der Waals surface area contributed by atoms with Gasteiger partial charge in [0, 0.05) is 0 Å². The number of primary amides is 1. The highest BCUT2D eigenvalue weighted by molar-refractivity contribution is 6.30. The van der Waals surface area contributed by atoms with Gasteiger partial charge in [0.15, 0.2) is 0 Å². The van der Waals surface area contributed by atoms with Crippen LogP contribution in [-0.4, -0.2) is 23.0 Å². The standard InChI is InChI=1S/C11H13ClN2O3/c12-9(10(14)15)7-3-1-6(2-4-7)5-8(13)11(16)17/h1-4,8-9H,5,13H2,(H2,14,15)(H,16,17)/t8-,9?/m0/s1. The average molecular weight is 257 g/mol. The van der Waals surface area contributed by atoms with Crippen molar-refractivity contribution in [3.63, 3.8) is 0 Å². The Morgan fingerprint density at radius 1 is 1.29 bits per heavy atom. The lowest BCUT2D eigenvalue weighted by Crippen LogP contribution is -2.32. The average Bonchev–Trinajstić information content (AvgIpc) is 2.28. The number of carbonyl (C=O) groups excluding carboxylic acids is 1. The van der Waals surface area contributed by atoms with Crippen molar-refractivity contribution in [2.24, 2.45) is 11.5 Å². The molecule has 5 N–H and O–H groups in total. The molecule has 2 atom stereocenters. The maximum Gasteiger partial charge on any atom is 0.320 e. The minimum atomic E-state index is -1.05. The van der Waals surface area contributed by atoms with Crippen LogP contribution in [0, 0.1) is 0 Å². The minimum Gasteiger partial charge on any atom is -0.480 e. The molecule has 0 saturated heterocycles. The van der Waals surface area contributed by atoms with E-state index in [0.717, 1.165) is 5.56 Å². The van der Waals surface area contributed by atoms with Crippen molar-refractivity contribution in [3.05, 3.63) is 35.4 Å². The number of amides is 1. The molecular formula is C11H13ClN2O3. The predicted molar refractivity (Wildman–Crippen MR) is 63.5 cm³/mol. The molecule has 0 spiro atoms. The Morgan fingerprint density at radius 3 is 2.24 bits per heavy atom. The molecule has 0 bridgehead atoms. The van der Waals surface area contributed by atoms with E-state index in [2.05, 4.69) is 0 Å². The third-order valence-corrected chi connectivity index (χ3v) is 2.76. The van der Waals surface area contributed by atoms with Gasteiger partial charge in [0.25, 0.3) is 0 Å². The number of halogens is 1. The fourth-order valence-electron chi connectivity index (χ4n) is 1.33. The highest BCUT2D eigenvalue weighted by Crippen LogP contribution is 2.20. The summed E-state index contributed by atoms with van der Waals surface area (Å²) in [5.41, 5.74) is 11.8. The fourth-order valence-corrected chi connectivity index (χ4v) is 1.47. The summed E-state index contributed by atoms with van der Waals surface area (Å²) < 4.78 is 0. The van der Waals surface area contributed by atoms with Crippen molar-refractivity contribution in [1.82, 2.24) is 0 Å². The smallest absolute Gasteiger partial charge is 0.320 e. The van der Waals surface area contributed by atoms with Crippen LogP contribution >= 0.6 is 11.6 Å². The molecule has 1 aromatic carbocycles. The van der Waals surface area contributed by atoms with E-state index in [0.29, 0.717) is 5.56 Å².